The predicted octanol–water partition coefficient (Wildman–Crippen LogP) is 2.77. The topological polar surface area (TPSA) is 95.2 Å². The Morgan fingerprint density at radius 2 is 2.05 bits per heavy atom. The molecular formula is C11H9Cl2NO4S. The number of halogens is 2. The highest BCUT2D eigenvalue weighted by Gasteiger charge is 2.30. The summed E-state index contributed by atoms with van der Waals surface area (Å²) in [5.41, 5.74) is -0.489. The second kappa shape index (κ2) is 5.78. The summed E-state index contributed by atoms with van der Waals surface area (Å²) >= 11 is 11.5. The number of hydrogen-bond acceptors (Lipinski definition) is 4. The van der Waals surface area contributed by atoms with E-state index in [1.807, 2.05) is 0 Å². The molecule has 0 amide bonds. The van der Waals surface area contributed by atoms with Crippen molar-refractivity contribution in [1.29, 1.82) is 5.26 Å². The van der Waals surface area contributed by atoms with E-state index >= 15 is 0 Å². The van der Waals surface area contributed by atoms with Gasteiger partial charge in [-0.3, -0.25) is 0 Å². The fourth-order valence-electron chi connectivity index (χ4n) is 1.48. The molecule has 1 rings (SSSR count). The zero-order valence-electron chi connectivity index (χ0n) is 9.72. The standard InChI is InChI=1S/C11H9Cl2NO4S/c1-2-6(5-14)19(17,18)8-4-3-7(12)9(10(8)13)11(15)16/h3-4,6H,2H2,1H3,(H,15,16). The SMILES string of the molecule is CCC(C#N)S(=O)(=O)c1ccc(Cl)c(C(=O)O)c1Cl. The molecule has 0 spiro atoms. The van der Waals surface area contributed by atoms with Gasteiger partial charge in [0.05, 0.1) is 26.6 Å². The molecule has 0 heterocycles. The van der Waals surface area contributed by atoms with Crippen molar-refractivity contribution in [2.45, 2.75) is 23.5 Å². The molecule has 1 N–H and O–H groups in total. The Morgan fingerprint density at radius 3 is 2.47 bits per heavy atom. The molecule has 5 nitrogen and oxygen atoms in total. The number of carbonyl (C=O) groups is 1. The molecule has 0 radical (unpaired) electrons. The first-order valence-corrected chi connectivity index (χ1v) is 7.42. The molecule has 0 aliphatic carbocycles. The van der Waals surface area contributed by atoms with Gasteiger partial charge in [-0.05, 0) is 18.6 Å². The van der Waals surface area contributed by atoms with Crippen molar-refractivity contribution in [3.8, 4) is 6.07 Å². The Balaban J connectivity index is 3.59. The van der Waals surface area contributed by atoms with Crippen LogP contribution in [-0.4, -0.2) is 24.7 Å². The van der Waals surface area contributed by atoms with Crippen molar-refractivity contribution in [1.82, 2.24) is 0 Å². The van der Waals surface area contributed by atoms with E-state index in [1.165, 1.54) is 6.92 Å². The highest BCUT2D eigenvalue weighted by molar-refractivity contribution is 7.92. The van der Waals surface area contributed by atoms with Crippen molar-refractivity contribution in [3.05, 3.63) is 27.7 Å². The number of nitrogens with zero attached hydrogens (tertiary/aromatic N) is 1. The van der Waals surface area contributed by atoms with Gasteiger partial charge in [0.15, 0.2) is 15.1 Å². The van der Waals surface area contributed by atoms with Gasteiger partial charge in [0.2, 0.25) is 0 Å². The maximum Gasteiger partial charge on any atom is 0.338 e. The third-order valence-corrected chi connectivity index (χ3v) is 5.43. The molecule has 0 aliphatic heterocycles. The van der Waals surface area contributed by atoms with Crippen LogP contribution in [0.3, 0.4) is 0 Å². The Morgan fingerprint density at radius 1 is 1.47 bits per heavy atom. The first-order valence-electron chi connectivity index (χ1n) is 5.12. The number of sulfone groups is 1. The van der Waals surface area contributed by atoms with Crippen molar-refractivity contribution < 1.29 is 18.3 Å². The van der Waals surface area contributed by atoms with Crippen molar-refractivity contribution >= 4 is 39.0 Å². The van der Waals surface area contributed by atoms with Gasteiger partial charge in [0, 0.05) is 0 Å². The number of carboxylic acids is 1. The number of benzene rings is 1. The van der Waals surface area contributed by atoms with E-state index in [0.29, 0.717) is 0 Å². The van der Waals surface area contributed by atoms with Gasteiger partial charge in [-0.2, -0.15) is 5.26 Å². The molecule has 0 saturated carbocycles. The summed E-state index contributed by atoms with van der Waals surface area (Å²) < 4.78 is 24.3. The normalized spacial score (nSPS) is 12.7. The summed E-state index contributed by atoms with van der Waals surface area (Å²) in [4.78, 5) is 10.6. The Hall–Kier alpha value is -1.29. The molecule has 0 saturated heterocycles. The van der Waals surface area contributed by atoms with Crippen LogP contribution in [0.5, 0.6) is 0 Å². The van der Waals surface area contributed by atoms with E-state index in [1.54, 1.807) is 6.07 Å². The Labute approximate surface area is 120 Å². The molecule has 0 bridgehead atoms. The monoisotopic (exact) mass is 321 g/mol. The van der Waals surface area contributed by atoms with Crippen LogP contribution in [0.4, 0.5) is 0 Å². The lowest BCUT2D eigenvalue weighted by atomic mass is 10.2. The summed E-state index contributed by atoms with van der Waals surface area (Å²) in [6.45, 7) is 1.54. The van der Waals surface area contributed by atoms with E-state index in [-0.39, 0.29) is 11.4 Å². The van der Waals surface area contributed by atoms with Crippen LogP contribution in [-0.2, 0) is 9.84 Å². The molecule has 1 unspecified atom stereocenters. The third kappa shape index (κ3) is 2.84. The largest absolute Gasteiger partial charge is 0.478 e. The summed E-state index contributed by atoms with van der Waals surface area (Å²) in [5.74, 6) is -1.43. The van der Waals surface area contributed by atoms with Crippen LogP contribution in [0.15, 0.2) is 17.0 Å². The molecule has 1 aromatic rings. The number of aromatic carboxylic acids is 1. The van der Waals surface area contributed by atoms with Gasteiger partial charge in [-0.25, -0.2) is 13.2 Å². The van der Waals surface area contributed by atoms with E-state index in [9.17, 15) is 13.2 Å². The van der Waals surface area contributed by atoms with Gasteiger partial charge >= 0.3 is 5.97 Å². The second-order valence-electron chi connectivity index (χ2n) is 3.61. The molecule has 0 aliphatic rings. The molecule has 0 fully saturated rings. The van der Waals surface area contributed by atoms with Gasteiger partial charge in [-0.15, -0.1) is 0 Å². The molecule has 8 heteroatoms. The van der Waals surface area contributed by atoms with Crippen LogP contribution in [0.1, 0.15) is 23.7 Å². The van der Waals surface area contributed by atoms with Gasteiger partial charge < -0.3 is 5.11 Å². The average molecular weight is 322 g/mol. The van der Waals surface area contributed by atoms with Crippen LogP contribution in [0, 0.1) is 11.3 Å². The van der Waals surface area contributed by atoms with E-state index in [0.717, 1.165) is 12.1 Å². The van der Waals surface area contributed by atoms with E-state index in [2.05, 4.69) is 0 Å². The minimum absolute atomic E-state index is 0.0696. The fourth-order valence-corrected chi connectivity index (χ4v) is 3.83. The smallest absolute Gasteiger partial charge is 0.338 e. The minimum atomic E-state index is -4.02. The van der Waals surface area contributed by atoms with Gasteiger partial charge in [-0.1, -0.05) is 30.1 Å². The van der Waals surface area contributed by atoms with Crippen molar-refractivity contribution in [3.63, 3.8) is 0 Å². The van der Waals surface area contributed by atoms with Crippen molar-refractivity contribution in [2.75, 3.05) is 0 Å². The highest BCUT2D eigenvalue weighted by Crippen LogP contribution is 2.33. The average Bonchev–Trinajstić information content (AvgIpc) is 2.29. The summed E-state index contributed by atoms with van der Waals surface area (Å²) in [5, 5.41) is 15.9. The van der Waals surface area contributed by atoms with Crippen LogP contribution in [0.2, 0.25) is 10.0 Å². The summed E-state index contributed by atoms with van der Waals surface area (Å²) in [7, 11) is -4.02. The first-order chi connectivity index (χ1) is 8.77. The third-order valence-electron chi connectivity index (χ3n) is 2.47. The Kier molecular flexibility index (Phi) is 4.80. The fraction of sp³-hybridized carbons (Fsp3) is 0.273. The maximum atomic E-state index is 12.2. The number of nitriles is 1. The number of rotatable bonds is 4. The molecule has 0 aromatic heterocycles. The predicted molar refractivity (Wildman–Crippen MR) is 70.3 cm³/mol. The minimum Gasteiger partial charge on any atom is -0.478 e. The van der Waals surface area contributed by atoms with E-state index < -0.39 is 36.5 Å². The number of hydrogen-bond donors (Lipinski definition) is 1. The quantitative estimate of drug-likeness (QED) is 0.919. The summed E-state index contributed by atoms with van der Waals surface area (Å²) in [6, 6.07) is 3.89. The first kappa shape index (κ1) is 15.8. The lowest BCUT2D eigenvalue weighted by Crippen LogP contribution is -2.20. The zero-order valence-corrected chi connectivity index (χ0v) is 12.1. The van der Waals surface area contributed by atoms with Crippen LogP contribution < -0.4 is 0 Å². The molecular weight excluding hydrogens is 313 g/mol. The summed E-state index contributed by atoms with van der Waals surface area (Å²) in [6.07, 6.45) is 0.0696. The van der Waals surface area contributed by atoms with Crippen LogP contribution >= 0.6 is 23.2 Å². The molecule has 102 valence electrons. The number of carboxylic acid groups (broad SMARTS) is 1. The van der Waals surface area contributed by atoms with E-state index in [4.69, 9.17) is 33.6 Å². The zero-order chi connectivity index (χ0) is 14.8. The molecule has 19 heavy (non-hydrogen) atoms. The van der Waals surface area contributed by atoms with Gasteiger partial charge in [0.1, 0.15) is 0 Å². The lowest BCUT2D eigenvalue weighted by Gasteiger charge is -2.12. The molecule has 1 aromatic carbocycles. The molecule has 1 atom stereocenters. The maximum absolute atomic E-state index is 12.2. The van der Waals surface area contributed by atoms with Crippen molar-refractivity contribution in [2.24, 2.45) is 0 Å². The van der Waals surface area contributed by atoms with Crippen LogP contribution in [0.25, 0.3) is 0 Å². The second-order valence-corrected chi connectivity index (χ2v) is 6.49. The van der Waals surface area contributed by atoms with Gasteiger partial charge in [0.25, 0.3) is 0 Å². The highest BCUT2D eigenvalue weighted by atomic mass is 35.5. The Bertz CT molecular complexity index is 664. The lowest BCUT2D eigenvalue weighted by molar-refractivity contribution is 0.0697.